The molecule has 29 heavy (non-hydrogen) atoms. The van der Waals surface area contributed by atoms with Gasteiger partial charge in [0.15, 0.2) is 22.5 Å². The monoisotopic (exact) mass is 415 g/mol. The van der Waals surface area contributed by atoms with Crippen molar-refractivity contribution >= 4 is 23.3 Å². The van der Waals surface area contributed by atoms with Crippen LogP contribution in [0.5, 0.6) is 5.75 Å². The van der Waals surface area contributed by atoms with Crippen molar-refractivity contribution in [3.05, 3.63) is 24.3 Å². The number of phenolic OH excluding ortho intramolecular Hbond substituents is 1. The Balaban J connectivity index is 1.64. The van der Waals surface area contributed by atoms with Crippen LogP contribution >= 0.6 is 11.8 Å². The number of benzene rings is 1. The Bertz CT molecular complexity index is 897. The van der Waals surface area contributed by atoms with Crippen molar-refractivity contribution in [3.8, 4) is 17.1 Å². The van der Waals surface area contributed by atoms with Crippen LogP contribution in [0.4, 0.5) is 0 Å². The second kappa shape index (κ2) is 7.91. The van der Waals surface area contributed by atoms with E-state index in [0.29, 0.717) is 30.4 Å². The summed E-state index contributed by atoms with van der Waals surface area (Å²) in [5.41, 5.74) is 0.524. The summed E-state index contributed by atoms with van der Waals surface area (Å²) < 4.78 is 7.73. The Hall–Kier alpha value is -2.19. The Morgan fingerprint density at radius 3 is 2.48 bits per heavy atom. The van der Waals surface area contributed by atoms with Crippen LogP contribution in [0.2, 0.25) is 0 Å². The van der Waals surface area contributed by atoms with Crippen LogP contribution in [0.1, 0.15) is 39.5 Å². The van der Waals surface area contributed by atoms with Gasteiger partial charge in [0.2, 0.25) is 0 Å². The third kappa shape index (κ3) is 4.38. The van der Waals surface area contributed by atoms with Crippen LogP contribution in [0.25, 0.3) is 11.4 Å². The van der Waals surface area contributed by atoms with Crippen molar-refractivity contribution in [1.82, 2.24) is 14.8 Å². The summed E-state index contributed by atoms with van der Waals surface area (Å²) in [5, 5.41) is 18.0. The second-order valence-electron chi connectivity index (χ2n) is 8.55. The van der Waals surface area contributed by atoms with Gasteiger partial charge in [-0.05, 0) is 42.5 Å². The van der Waals surface area contributed by atoms with E-state index in [1.165, 1.54) is 11.8 Å². The minimum atomic E-state index is -0.733. The molecule has 4 rings (SSSR count). The summed E-state index contributed by atoms with van der Waals surface area (Å²) in [4.78, 5) is 25.3. The van der Waals surface area contributed by atoms with Crippen molar-refractivity contribution in [2.45, 2.75) is 62.6 Å². The molecule has 0 bridgehead atoms. The number of aromatic hydroxyl groups is 1. The summed E-state index contributed by atoms with van der Waals surface area (Å²) in [6.07, 6.45) is 2.80. The highest BCUT2D eigenvalue weighted by Gasteiger charge is 2.41. The Kier molecular flexibility index (Phi) is 5.48. The van der Waals surface area contributed by atoms with Gasteiger partial charge in [0.25, 0.3) is 0 Å². The molecule has 1 atom stereocenters. The summed E-state index contributed by atoms with van der Waals surface area (Å²) in [6, 6.07) is 6.76. The standard InChI is InChI=1S/C21H25N3O4S/c1-21(2)10-16(26)18(17(27)11-21)29-20-23-22-19(13-5-7-14(25)8-6-13)24(20)12-15-4-3-9-28-15/h5-8,15,18,25H,3-4,9-12H2,1-2H3/t15-/m0/s1. The maximum absolute atomic E-state index is 12.6. The molecule has 8 heteroatoms. The van der Waals surface area contributed by atoms with Crippen LogP contribution in [0, 0.1) is 5.41 Å². The molecule has 1 saturated heterocycles. The minimum Gasteiger partial charge on any atom is -0.508 e. The van der Waals surface area contributed by atoms with Gasteiger partial charge in [-0.1, -0.05) is 25.6 Å². The first-order chi connectivity index (χ1) is 13.8. The van der Waals surface area contributed by atoms with E-state index in [0.717, 1.165) is 25.0 Å². The lowest BCUT2D eigenvalue weighted by atomic mass is 9.76. The number of Topliss-reactive ketones (excluding diaryl/α,β-unsaturated/α-hetero) is 2. The molecule has 7 nitrogen and oxygen atoms in total. The largest absolute Gasteiger partial charge is 0.508 e. The number of hydrogen-bond acceptors (Lipinski definition) is 7. The number of aromatic nitrogens is 3. The number of carbonyl (C=O) groups is 2. The molecule has 0 unspecified atom stereocenters. The zero-order valence-electron chi connectivity index (χ0n) is 16.6. The van der Waals surface area contributed by atoms with Crippen LogP contribution < -0.4 is 0 Å². The summed E-state index contributed by atoms with van der Waals surface area (Å²) in [6.45, 7) is 5.20. The van der Waals surface area contributed by atoms with Crippen molar-refractivity contribution < 1.29 is 19.4 Å². The molecule has 2 aliphatic rings. The second-order valence-corrected chi connectivity index (χ2v) is 9.62. The lowest BCUT2D eigenvalue weighted by Crippen LogP contribution is -2.39. The molecule has 0 amide bonds. The summed E-state index contributed by atoms with van der Waals surface area (Å²) >= 11 is 1.20. The van der Waals surface area contributed by atoms with E-state index in [-0.39, 0.29) is 28.8 Å². The number of ketones is 2. The zero-order valence-corrected chi connectivity index (χ0v) is 17.4. The lowest BCUT2D eigenvalue weighted by Gasteiger charge is -2.31. The molecule has 2 fully saturated rings. The Morgan fingerprint density at radius 2 is 1.86 bits per heavy atom. The number of rotatable bonds is 5. The number of phenols is 1. The number of thioether (sulfide) groups is 1. The smallest absolute Gasteiger partial charge is 0.192 e. The lowest BCUT2D eigenvalue weighted by molar-refractivity contribution is -0.132. The van der Waals surface area contributed by atoms with E-state index >= 15 is 0 Å². The number of hydrogen-bond donors (Lipinski definition) is 1. The average molecular weight is 416 g/mol. The van der Waals surface area contributed by atoms with E-state index in [9.17, 15) is 14.7 Å². The highest BCUT2D eigenvalue weighted by atomic mass is 32.2. The Labute approximate surface area is 173 Å². The molecule has 0 radical (unpaired) electrons. The van der Waals surface area contributed by atoms with Crippen molar-refractivity contribution in [2.75, 3.05) is 6.61 Å². The van der Waals surface area contributed by atoms with Gasteiger partial charge < -0.3 is 9.84 Å². The Morgan fingerprint density at radius 1 is 1.17 bits per heavy atom. The highest BCUT2D eigenvalue weighted by Crippen LogP contribution is 2.38. The van der Waals surface area contributed by atoms with Crippen molar-refractivity contribution in [1.29, 1.82) is 0 Å². The van der Waals surface area contributed by atoms with Gasteiger partial charge in [-0.3, -0.25) is 14.2 Å². The minimum absolute atomic E-state index is 0.0471. The van der Waals surface area contributed by atoms with Gasteiger partial charge >= 0.3 is 0 Å². The molecule has 1 N–H and O–H groups in total. The molecule has 1 saturated carbocycles. The molecule has 1 aliphatic carbocycles. The molecule has 1 aliphatic heterocycles. The molecule has 0 spiro atoms. The summed E-state index contributed by atoms with van der Waals surface area (Å²) in [7, 11) is 0. The maximum atomic E-state index is 12.6. The number of ether oxygens (including phenoxy) is 1. The van der Waals surface area contributed by atoms with E-state index < -0.39 is 5.25 Å². The van der Waals surface area contributed by atoms with Crippen LogP contribution in [0.3, 0.4) is 0 Å². The zero-order chi connectivity index (χ0) is 20.6. The van der Waals surface area contributed by atoms with Crippen LogP contribution in [-0.4, -0.2) is 49.4 Å². The van der Waals surface area contributed by atoms with Gasteiger partial charge in [0.1, 0.15) is 11.0 Å². The average Bonchev–Trinajstić information content (AvgIpc) is 3.29. The quantitative estimate of drug-likeness (QED) is 0.749. The number of nitrogens with zero attached hydrogens (tertiary/aromatic N) is 3. The summed E-state index contributed by atoms with van der Waals surface area (Å²) in [5.74, 6) is 0.719. The fourth-order valence-corrected chi connectivity index (χ4v) is 4.98. The third-order valence-electron chi connectivity index (χ3n) is 5.37. The van der Waals surface area contributed by atoms with Crippen LogP contribution in [-0.2, 0) is 20.9 Å². The third-order valence-corrected chi connectivity index (χ3v) is 6.64. The van der Waals surface area contributed by atoms with E-state index in [1.54, 1.807) is 24.3 Å². The topological polar surface area (TPSA) is 94.3 Å². The molecule has 1 aromatic carbocycles. The fraction of sp³-hybridized carbons (Fsp3) is 0.524. The first-order valence-electron chi connectivity index (χ1n) is 9.89. The predicted octanol–water partition coefficient (Wildman–Crippen LogP) is 3.25. The predicted molar refractivity (Wildman–Crippen MR) is 109 cm³/mol. The maximum Gasteiger partial charge on any atom is 0.192 e. The van der Waals surface area contributed by atoms with Gasteiger partial charge in [-0.2, -0.15) is 0 Å². The first kappa shape index (κ1) is 20.1. The van der Waals surface area contributed by atoms with Crippen molar-refractivity contribution in [2.24, 2.45) is 5.41 Å². The van der Waals surface area contributed by atoms with E-state index in [2.05, 4.69) is 10.2 Å². The van der Waals surface area contributed by atoms with Gasteiger partial charge in [-0.15, -0.1) is 10.2 Å². The van der Waals surface area contributed by atoms with Gasteiger partial charge in [0, 0.05) is 25.0 Å². The molecular weight excluding hydrogens is 390 g/mol. The first-order valence-corrected chi connectivity index (χ1v) is 10.8. The van der Waals surface area contributed by atoms with E-state index in [4.69, 9.17) is 4.74 Å². The van der Waals surface area contributed by atoms with Gasteiger partial charge in [0.05, 0.1) is 12.6 Å². The fourth-order valence-electron chi connectivity index (χ4n) is 3.96. The van der Waals surface area contributed by atoms with E-state index in [1.807, 2.05) is 18.4 Å². The highest BCUT2D eigenvalue weighted by molar-refractivity contribution is 8.01. The molecule has 1 aromatic heterocycles. The molecular formula is C21H25N3O4S. The normalized spacial score (nSPS) is 22.3. The molecule has 2 aromatic rings. The SMILES string of the molecule is CC1(C)CC(=O)C(Sc2nnc(-c3ccc(O)cc3)n2C[C@@H]2CCCO2)C(=O)C1. The molecule has 154 valence electrons. The van der Waals surface area contributed by atoms with Crippen LogP contribution in [0.15, 0.2) is 29.4 Å². The van der Waals surface area contributed by atoms with Crippen molar-refractivity contribution in [3.63, 3.8) is 0 Å². The molecule has 2 heterocycles. The number of carbonyl (C=O) groups excluding carboxylic acids is 2. The van der Waals surface area contributed by atoms with Gasteiger partial charge in [-0.25, -0.2) is 0 Å².